The molecule has 68 valence electrons. The molecule has 3 heteroatoms. The van der Waals surface area contributed by atoms with Gasteiger partial charge in [-0.2, -0.15) is 0 Å². The molecule has 0 bridgehead atoms. The second-order valence-corrected chi connectivity index (χ2v) is 5.81. The molecule has 0 amide bonds. The number of rotatable bonds is 2. The summed E-state index contributed by atoms with van der Waals surface area (Å²) in [6.07, 6.45) is 1.03. The van der Waals surface area contributed by atoms with E-state index in [4.69, 9.17) is 34.8 Å². The molecule has 0 radical (unpaired) electrons. The summed E-state index contributed by atoms with van der Waals surface area (Å²) in [6, 6.07) is 0. The average Bonchev–Trinajstić information content (AvgIpc) is 1.83. The lowest BCUT2D eigenvalue weighted by Crippen LogP contribution is -2.35. The molecule has 1 atom stereocenters. The molecule has 0 heterocycles. The first-order chi connectivity index (χ1) is 4.73. The second-order valence-electron chi connectivity index (χ2n) is 3.53. The fourth-order valence-electron chi connectivity index (χ4n) is 0.790. The van der Waals surface area contributed by atoms with Crippen molar-refractivity contribution in [2.45, 2.75) is 37.9 Å². The van der Waals surface area contributed by atoms with Crippen molar-refractivity contribution in [3.8, 4) is 0 Å². The van der Waals surface area contributed by atoms with E-state index in [0.717, 1.165) is 6.42 Å². The summed E-state index contributed by atoms with van der Waals surface area (Å²) in [6.45, 7) is 8.16. The van der Waals surface area contributed by atoms with Crippen LogP contribution in [0.5, 0.6) is 0 Å². The molecule has 0 aliphatic heterocycles. The Morgan fingerprint density at radius 2 is 1.55 bits per heavy atom. The molecule has 1 unspecified atom stereocenters. The van der Waals surface area contributed by atoms with Crippen LogP contribution in [-0.4, -0.2) is 3.79 Å². The zero-order valence-electron chi connectivity index (χ0n) is 7.42. The van der Waals surface area contributed by atoms with Crippen LogP contribution in [0.3, 0.4) is 0 Å². The predicted octanol–water partition coefficient (Wildman–Crippen LogP) is 4.43. The van der Waals surface area contributed by atoms with Gasteiger partial charge in [0.25, 0.3) is 0 Å². The minimum Gasteiger partial charge on any atom is -0.0831 e. The molecule has 0 aliphatic carbocycles. The number of hydrogen-bond acceptors (Lipinski definition) is 0. The molecule has 0 aliphatic rings. The first-order valence-corrected chi connectivity index (χ1v) is 4.93. The Kier molecular flexibility index (Phi) is 4.02. The van der Waals surface area contributed by atoms with Crippen LogP contribution >= 0.6 is 34.8 Å². The third-order valence-corrected chi connectivity index (χ3v) is 4.04. The average molecular weight is 218 g/mol. The Labute approximate surface area is 84.2 Å². The highest BCUT2D eigenvalue weighted by molar-refractivity contribution is 6.68. The summed E-state index contributed by atoms with van der Waals surface area (Å²) in [5.74, 6) is 0.412. The Balaban J connectivity index is 4.45. The third-order valence-electron chi connectivity index (χ3n) is 2.57. The van der Waals surface area contributed by atoms with E-state index in [1.54, 1.807) is 0 Å². The van der Waals surface area contributed by atoms with Crippen LogP contribution < -0.4 is 0 Å². The normalized spacial score (nSPS) is 16.6. The number of alkyl halides is 3. The summed E-state index contributed by atoms with van der Waals surface area (Å²) in [4.78, 5) is 0. The third kappa shape index (κ3) is 2.68. The fourth-order valence-corrected chi connectivity index (χ4v) is 1.35. The van der Waals surface area contributed by atoms with E-state index in [1.165, 1.54) is 0 Å². The topological polar surface area (TPSA) is 0 Å². The molecule has 0 aromatic heterocycles. The van der Waals surface area contributed by atoms with Crippen LogP contribution in [0.1, 0.15) is 34.1 Å². The van der Waals surface area contributed by atoms with Crippen molar-refractivity contribution >= 4 is 34.8 Å². The Morgan fingerprint density at radius 3 is 1.64 bits per heavy atom. The van der Waals surface area contributed by atoms with Crippen molar-refractivity contribution in [2.75, 3.05) is 0 Å². The maximum Gasteiger partial charge on any atom is 0.195 e. The van der Waals surface area contributed by atoms with Crippen LogP contribution in [-0.2, 0) is 0 Å². The molecular formula is C8H15Cl3. The van der Waals surface area contributed by atoms with Gasteiger partial charge in [0.1, 0.15) is 0 Å². The van der Waals surface area contributed by atoms with Crippen molar-refractivity contribution in [1.82, 2.24) is 0 Å². The van der Waals surface area contributed by atoms with E-state index < -0.39 is 3.79 Å². The summed E-state index contributed by atoms with van der Waals surface area (Å²) >= 11 is 17.5. The maximum absolute atomic E-state index is 5.83. The zero-order valence-corrected chi connectivity index (χ0v) is 9.69. The van der Waals surface area contributed by atoms with Gasteiger partial charge in [0.15, 0.2) is 3.79 Å². The maximum atomic E-state index is 5.83. The van der Waals surface area contributed by atoms with E-state index >= 15 is 0 Å². The molecule has 0 fully saturated rings. The van der Waals surface area contributed by atoms with E-state index in [0.29, 0.717) is 5.92 Å². The Bertz CT molecular complexity index is 124. The smallest absolute Gasteiger partial charge is 0.0831 e. The second kappa shape index (κ2) is 3.72. The Morgan fingerprint density at radius 1 is 1.18 bits per heavy atom. The quantitative estimate of drug-likeness (QED) is 0.601. The number of hydrogen-bond donors (Lipinski definition) is 0. The summed E-state index contributed by atoms with van der Waals surface area (Å²) in [5.41, 5.74) is -0.258. The van der Waals surface area contributed by atoms with Crippen LogP contribution in [0.2, 0.25) is 0 Å². The van der Waals surface area contributed by atoms with Crippen LogP contribution in [0.4, 0.5) is 0 Å². The van der Waals surface area contributed by atoms with E-state index in [2.05, 4.69) is 13.8 Å². The van der Waals surface area contributed by atoms with Gasteiger partial charge in [-0.1, -0.05) is 68.9 Å². The van der Waals surface area contributed by atoms with Gasteiger partial charge < -0.3 is 0 Å². The van der Waals surface area contributed by atoms with E-state index in [-0.39, 0.29) is 5.41 Å². The first kappa shape index (κ1) is 11.9. The van der Waals surface area contributed by atoms with Gasteiger partial charge in [-0.05, 0) is 5.92 Å². The lowest BCUT2D eigenvalue weighted by Gasteiger charge is -2.37. The summed E-state index contributed by atoms with van der Waals surface area (Å²) < 4.78 is -1.16. The van der Waals surface area contributed by atoms with Gasteiger partial charge in [-0.3, -0.25) is 0 Å². The molecule has 0 saturated heterocycles. The standard InChI is InChI=1S/C8H15Cl3/c1-5-6(2)7(3,4)8(9,10)11/h6H,5H2,1-4H3. The molecule has 0 spiro atoms. The minimum atomic E-state index is -1.16. The molecule has 0 nitrogen and oxygen atoms in total. The summed E-state index contributed by atoms with van der Waals surface area (Å²) in [5, 5.41) is 0. The van der Waals surface area contributed by atoms with Crippen molar-refractivity contribution in [1.29, 1.82) is 0 Å². The van der Waals surface area contributed by atoms with Crippen molar-refractivity contribution in [3.05, 3.63) is 0 Å². The van der Waals surface area contributed by atoms with Gasteiger partial charge in [0.2, 0.25) is 0 Å². The highest BCUT2D eigenvalue weighted by Gasteiger charge is 2.43. The van der Waals surface area contributed by atoms with E-state index in [9.17, 15) is 0 Å². The van der Waals surface area contributed by atoms with Gasteiger partial charge in [0, 0.05) is 5.41 Å². The summed E-state index contributed by atoms with van der Waals surface area (Å²) in [7, 11) is 0. The molecule has 0 aromatic rings. The van der Waals surface area contributed by atoms with Gasteiger partial charge >= 0.3 is 0 Å². The lowest BCUT2D eigenvalue weighted by molar-refractivity contribution is 0.229. The fraction of sp³-hybridized carbons (Fsp3) is 1.00. The number of halogens is 3. The van der Waals surface area contributed by atoms with Gasteiger partial charge in [-0.25, -0.2) is 0 Å². The first-order valence-electron chi connectivity index (χ1n) is 3.80. The van der Waals surface area contributed by atoms with Crippen molar-refractivity contribution in [3.63, 3.8) is 0 Å². The van der Waals surface area contributed by atoms with Crippen molar-refractivity contribution < 1.29 is 0 Å². The lowest BCUT2D eigenvalue weighted by atomic mass is 9.80. The molecular weight excluding hydrogens is 202 g/mol. The van der Waals surface area contributed by atoms with Crippen LogP contribution in [0, 0.1) is 11.3 Å². The monoisotopic (exact) mass is 216 g/mol. The minimum absolute atomic E-state index is 0.258. The van der Waals surface area contributed by atoms with Crippen LogP contribution in [0.25, 0.3) is 0 Å². The molecule has 0 N–H and O–H groups in total. The highest BCUT2D eigenvalue weighted by atomic mass is 35.6. The SMILES string of the molecule is CCC(C)C(C)(C)C(Cl)(Cl)Cl. The predicted molar refractivity (Wildman–Crippen MR) is 53.5 cm³/mol. The zero-order chi connectivity index (χ0) is 9.28. The largest absolute Gasteiger partial charge is 0.195 e. The van der Waals surface area contributed by atoms with E-state index in [1.807, 2.05) is 13.8 Å². The molecule has 0 saturated carbocycles. The van der Waals surface area contributed by atoms with Crippen molar-refractivity contribution in [2.24, 2.45) is 11.3 Å². The van der Waals surface area contributed by atoms with Gasteiger partial charge in [0.05, 0.1) is 0 Å². The van der Waals surface area contributed by atoms with Gasteiger partial charge in [-0.15, -0.1) is 0 Å². The van der Waals surface area contributed by atoms with Crippen LogP contribution in [0.15, 0.2) is 0 Å². The Hall–Kier alpha value is 0.870. The molecule has 0 aromatic carbocycles. The molecule has 0 rings (SSSR count). The molecule has 11 heavy (non-hydrogen) atoms. The highest BCUT2D eigenvalue weighted by Crippen LogP contribution is 2.49.